The molecular formula is C9H15N3OS. The SMILES string of the molecule is CC(C)NCC(=O)N1CSC[C@H]1C#N. The molecule has 0 aliphatic carbocycles. The van der Waals surface area contributed by atoms with Crippen LogP contribution in [0.3, 0.4) is 0 Å². The van der Waals surface area contributed by atoms with Crippen molar-refractivity contribution in [1.82, 2.24) is 10.2 Å². The highest BCUT2D eigenvalue weighted by atomic mass is 32.2. The molecule has 4 nitrogen and oxygen atoms in total. The van der Waals surface area contributed by atoms with Gasteiger partial charge >= 0.3 is 0 Å². The summed E-state index contributed by atoms with van der Waals surface area (Å²) in [5, 5.41) is 11.8. The van der Waals surface area contributed by atoms with Gasteiger partial charge in [0.15, 0.2) is 0 Å². The number of nitrogens with zero attached hydrogens (tertiary/aromatic N) is 2. The lowest BCUT2D eigenvalue weighted by atomic mass is 10.3. The first-order chi connectivity index (χ1) is 6.65. The molecule has 5 heteroatoms. The normalized spacial score (nSPS) is 21.3. The van der Waals surface area contributed by atoms with Crippen LogP contribution in [-0.2, 0) is 4.79 Å². The van der Waals surface area contributed by atoms with Crippen molar-refractivity contribution >= 4 is 17.7 Å². The molecule has 1 heterocycles. The van der Waals surface area contributed by atoms with Crippen LogP contribution in [0, 0.1) is 11.3 Å². The molecule has 0 aromatic carbocycles. The Morgan fingerprint density at radius 3 is 3.07 bits per heavy atom. The monoisotopic (exact) mass is 213 g/mol. The van der Waals surface area contributed by atoms with Gasteiger partial charge in [0.2, 0.25) is 5.91 Å². The first kappa shape index (κ1) is 11.3. The molecule has 1 aliphatic rings. The second-order valence-electron chi connectivity index (χ2n) is 3.54. The average molecular weight is 213 g/mol. The van der Waals surface area contributed by atoms with E-state index in [0.717, 1.165) is 5.75 Å². The lowest BCUT2D eigenvalue weighted by molar-refractivity contribution is -0.129. The molecule has 0 radical (unpaired) electrons. The number of rotatable bonds is 3. The van der Waals surface area contributed by atoms with Crippen LogP contribution in [0.15, 0.2) is 0 Å². The smallest absolute Gasteiger partial charge is 0.238 e. The molecule has 0 spiro atoms. The van der Waals surface area contributed by atoms with Crippen LogP contribution in [-0.4, -0.2) is 41.1 Å². The van der Waals surface area contributed by atoms with Gasteiger partial charge in [0.05, 0.1) is 18.5 Å². The first-order valence-electron chi connectivity index (χ1n) is 4.65. The zero-order chi connectivity index (χ0) is 10.6. The van der Waals surface area contributed by atoms with E-state index in [2.05, 4.69) is 11.4 Å². The maximum atomic E-state index is 11.6. The third-order valence-corrected chi connectivity index (χ3v) is 3.03. The van der Waals surface area contributed by atoms with Gasteiger partial charge in [-0.15, -0.1) is 11.8 Å². The Kier molecular flexibility index (Phi) is 4.23. The maximum absolute atomic E-state index is 11.6. The third kappa shape index (κ3) is 2.89. The van der Waals surface area contributed by atoms with Crippen molar-refractivity contribution in [3.63, 3.8) is 0 Å². The van der Waals surface area contributed by atoms with Gasteiger partial charge in [0, 0.05) is 11.8 Å². The Balaban J connectivity index is 2.40. The molecule has 1 saturated heterocycles. The number of thioether (sulfide) groups is 1. The number of hydrogen-bond donors (Lipinski definition) is 1. The summed E-state index contributed by atoms with van der Waals surface area (Å²) in [5.74, 6) is 1.41. The van der Waals surface area contributed by atoms with E-state index < -0.39 is 0 Å². The van der Waals surface area contributed by atoms with Crippen LogP contribution < -0.4 is 5.32 Å². The van der Waals surface area contributed by atoms with Crippen LogP contribution in [0.1, 0.15) is 13.8 Å². The molecule has 78 valence electrons. The van der Waals surface area contributed by atoms with E-state index in [4.69, 9.17) is 5.26 Å². The van der Waals surface area contributed by atoms with Crippen molar-refractivity contribution in [1.29, 1.82) is 5.26 Å². The van der Waals surface area contributed by atoms with Gasteiger partial charge in [0.25, 0.3) is 0 Å². The van der Waals surface area contributed by atoms with Gasteiger partial charge in [-0.1, -0.05) is 13.8 Å². The summed E-state index contributed by atoms with van der Waals surface area (Å²) >= 11 is 1.63. The predicted molar refractivity (Wildman–Crippen MR) is 56.7 cm³/mol. The largest absolute Gasteiger partial charge is 0.315 e. The molecule has 1 rings (SSSR count). The number of carbonyl (C=O) groups is 1. The first-order valence-corrected chi connectivity index (χ1v) is 5.81. The molecule has 0 aromatic heterocycles. The molecular weight excluding hydrogens is 198 g/mol. The molecule has 1 atom stereocenters. The van der Waals surface area contributed by atoms with Crippen molar-refractivity contribution in [3.8, 4) is 6.07 Å². The third-order valence-electron chi connectivity index (χ3n) is 2.01. The summed E-state index contributed by atoms with van der Waals surface area (Å²) in [6, 6.07) is 2.20. The minimum Gasteiger partial charge on any atom is -0.315 e. The van der Waals surface area contributed by atoms with E-state index in [1.807, 2.05) is 13.8 Å². The molecule has 0 bridgehead atoms. The minimum atomic E-state index is -0.235. The van der Waals surface area contributed by atoms with Gasteiger partial charge in [-0.05, 0) is 0 Å². The number of hydrogen-bond acceptors (Lipinski definition) is 4. The molecule has 1 N–H and O–H groups in total. The Hall–Kier alpha value is -0.730. The molecule has 14 heavy (non-hydrogen) atoms. The molecule has 1 amide bonds. The number of nitrogens with one attached hydrogen (secondary N) is 1. The molecule has 0 saturated carbocycles. The fourth-order valence-corrected chi connectivity index (χ4v) is 2.29. The van der Waals surface area contributed by atoms with Crippen LogP contribution in [0.25, 0.3) is 0 Å². The Labute approximate surface area is 88.6 Å². The van der Waals surface area contributed by atoms with Crippen molar-refractivity contribution in [2.75, 3.05) is 18.2 Å². The van der Waals surface area contributed by atoms with Gasteiger partial charge in [-0.25, -0.2) is 0 Å². The maximum Gasteiger partial charge on any atom is 0.238 e. The Morgan fingerprint density at radius 2 is 2.50 bits per heavy atom. The van der Waals surface area contributed by atoms with Crippen molar-refractivity contribution in [2.45, 2.75) is 25.9 Å². The zero-order valence-electron chi connectivity index (χ0n) is 8.49. The lowest BCUT2D eigenvalue weighted by Crippen LogP contribution is -2.42. The molecule has 0 unspecified atom stereocenters. The molecule has 1 fully saturated rings. The zero-order valence-corrected chi connectivity index (χ0v) is 9.30. The van der Waals surface area contributed by atoms with Gasteiger partial charge in [-0.2, -0.15) is 5.26 Å². The Bertz CT molecular complexity index is 249. The summed E-state index contributed by atoms with van der Waals surface area (Å²) in [7, 11) is 0. The van der Waals surface area contributed by atoms with Crippen molar-refractivity contribution < 1.29 is 4.79 Å². The highest BCUT2D eigenvalue weighted by molar-refractivity contribution is 7.99. The standard InChI is InChI=1S/C9H15N3OS/c1-7(2)11-4-9(13)12-6-14-5-8(12)3-10/h7-8,11H,4-6H2,1-2H3/t8-/m1/s1. The molecule has 0 aromatic rings. The van der Waals surface area contributed by atoms with Crippen molar-refractivity contribution in [2.24, 2.45) is 0 Å². The quantitative estimate of drug-likeness (QED) is 0.737. The topological polar surface area (TPSA) is 56.1 Å². The highest BCUT2D eigenvalue weighted by Gasteiger charge is 2.28. The lowest BCUT2D eigenvalue weighted by Gasteiger charge is -2.19. The highest BCUT2D eigenvalue weighted by Crippen LogP contribution is 2.19. The van der Waals surface area contributed by atoms with E-state index >= 15 is 0 Å². The number of amides is 1. The molecule has 1 aliphatic heterocycles. The summed E-state index contributed by atoms with van der Waals surface area (Å²) < 4.78 is 0. The van der Waals surface area contributed by atoms with Crippen LogP contribution in [0.2, 0.25) is 0 Å². The van der Waals surface area contributed by atoms with Crippen molar-refractivity contribution in [3.05, 3.63) is 0 Å². The van der Waals surface area contributed by atoms with E-state index in [1.165, 1.54) is 0 Å². The minimum absolute atomic E-state index is 0.0234. The fourth-order valence-electron chi connectivity index (χ4n) is 1.19. The summed E-state index contributed by atoms with van der Waals surface area (Å²) in [6.45, 7) is 4.32. The van der Waals surface area contributed by atoms with E-state index in [9.17, 15) is 4.79 Å². The van der Waals surface area contributed by atoms with Crippen LogP contribution in [0.5, 0.6) is 0 Å². The number of carbonyl (C=O) groups excluding carboxylic acids is 1. The second-order valence-corrected chi connectivity index (χ2v) is 4.54. The predicted octanol–water partition coefficient (Wildman–Crippen LogP) is 0.409. The van der Waals surface area contributed by atoms with Crippen LogP contribution >= 0.6 is 11.8 Å². The van der Waals surface area contributed by atoms with Gasteiger partial charge < -0.3 is 10.2 Å². The average Bonchev–Trinajstić information content (AvgIpc) is 2.61. The second kappa shape index (κ2) is 5.23. The fraction of sp³-hybridized carbons (Fsp3) is 0.778. The summed E-state index contributed by atoms with van der Waals surface area (Å²) in [4.78, 5) is 13.3. The van der Waals surface area contributed by atoms with Crippen LogP contribution in [0.4, 0.5) is 0 Å². The van der Waals surface area contributed by atoms with E-state index in [-0.39, 0.29) is 11.9 Å². The van der Waals surface area contributed by atoms with Gasteiger partial charge in [-0.3, -0.25) is 4.79 Å². The Morgan fingerprint density at radius 1 is 1.79 bits per heavy atom. The van der Waals surface area contributed by atoms with Gasteiger partial charge in [0.1, 0.15) is 6.04 Å². The van der Waals surface area contributed by atoms with E-state index in [1.54, 1.807) is 16.7 Å². The summed E-state index contributed by atoms with van der Waals surface area (Å²) in [5.41, 5.74) is 0. The number of nitriles is 1. The summed E-state index contributed by atoms with van der Waals surface area (Å²) in [6.07, 6.45) is 0. The van der Waals surface area contributed by atoms with E-state index in [0.29, 0.717) is 18.5 Å².